The van der Waals surface area contributed by atoms with E-state index in [0.717, 1.165) is 41.9 Å². The fraction of sp³-hybridized carbons (Fsp3) is 0.929. The van der Waals surface area contributed by atoms with Crippen molar-refractivity contribution in [2.45, 2.75) is 99.0 Å². The molecule has 164 valence electrons. The highest BCUT2D eigenvalue weighted by molar-refractivity contribution is 5.25. The summed E-state index contributed by atoms with van der Waals surface area (Å²) in [6.45, 7) is 14.8. The summed E-state index contributed by atoms with van der Waals surface area (Å²) in [7, 11) is 0. The predicted octanol–water partition coefficient (Wildman–Crippen LogP) is 7.10. The van der Waals surface area contributed by atoms with E-state index in [-0.39, 0.29) is 6.10 Å². The number of allylic oxidation sites excluding steroid dienone is 2. The summed E-state index contributed by atoms with van der Waals surface area (Å²) in [6.07, 6.45) is 16.0. The van der Waals surface area contributed by atoms with Gasteiger partial charge in [0.15, 0.2) is 0 Å². The Labute approximate surface area is 180 Å². The largest absolute Gasteiger partial charge is 0.393 e. The number of fused-ring (bicyclic) bond motifs is 4. The molecule has 0 radical (unpaired) electrons. The molecule has 0 aromatic heterocycles. The van der Waals surface area contributed by atoms with E-state index in [1.165, 1.54) is 44.9 Å². The maximum atomic E-state index is 11.3. The van der Waals surface area contributed by atoms with Gasteiger partial charge in [-0.15, -0.1) is 0 Å². The Balaban J connectivity index is 1.37. The topological polar surface area (TPSA) is 20.2 Å². The maximum absolute atomic E-state index is 11.3. The van der Waals surface area contributed by atoms with Crippen molar-refractivity contribution < 1.29 is 5.11 Å². The minimum absolute atomic E-state index is 0.00754. The van der Waals surface area contributed by atoms with E-state index in [4.69, 9.17) is 0 Å². The molecule has 11 unspecified atom stereocenters. The molecule has 1 heteroatoms. The van der Waals surface area contributed by atoms with Gasteiger partial charge in [0.1, 0.15) is 0 Å². The molecule has 5 fully saturated rings. The molecule has 5 saturated carbocycles. The molecule has 0 saturated heterocycles. The first kappa shape index (κ1) is 20.6. The van der Waals surface area contributed by atoms with Crippen molar-refractivity contribution in [1.82, 2.24) is 0 Å². The van der Waals surface area contributed by atoms with Crippen LogP contribution < -0.4 is 0 Å². The van der Waals surface area contributed by atoms with E-state index >= 15 is 0 Å². The minimum atomic E-state index is -0.00754. The molecule has 1 N–H and O–H groups in total. The number of aliphatic hydroxyl groups excluding tert-OH is 1. The fourth-order valence-electron chi connectivity index (χ4n) is 9.92. The van der Waals surface area contributed by atoms with Gasteiger partial charge >= 0.3 is 0 Å². The van der Waals surface area contributed by atoms with Crippen LogP contribution in [0.15, 0.2) is 12.2 Å². The van der Waals surface area contributed by atoms with Gasteiger partial charge in [-0.3, -0.25) is 0 Å². The Morgan fingerprint density at radius 2 is 1.66 bits per heavy atom. The van der Waals surface area contributed by atoms with Crippen LogP contribution in [0, 0.1) is 63.6 Å². The molecule has 5 aliphatic carbocycles. The van der Waals surface area contributed by atoms with E-state index in [9.17, 15) is 5.11 Å². The van der Waals surface area contributed by atoms with Crippen molar-refractivity contribution in [3.63, 3.8) is 0 Å². The molecule has 0 amide bonds. The molecule has 29 heavy (non-hydrogen) atoms. The van der Waals surface area contributed by atoms with Crippen molar-refractivity contribution in [1.29, 1.82) is 0 Å². The van der Waals surface area contributed by atoms with Gasteiger partial charge in [0.25, 0.3) is 0 Å². The van der Waals surface area contributed by atoms with E-state index in [1.807, 2.05) is 0 Å². The Morgan fingerprint density at radius 3 is 2.34 bits per heavy atom. The number of aliphatic hydroxyl groups is 1. The summed E-state index contributed by atoms with van der Waals surface area (Å²) in [6, 6.07) is 0. The van der Waals surface area contributed by atoms with Gasteiger partial charge in [0.2, 0.25) is 0 Å². The van der Waals surface area contributed by atoms with Crippen LogP contribution in [0.1, 0.15) is 92.9 Å². The third kappa shape index (κ3) is 2.61. The highest BCUT2D eigenvalue weighted by atomic mass is 16.3. The summed E-state index contributed by atoms with van der Waals surface area (Å²) >= 11 is 0. The van der Waals surface area contributed by atoms with E-state index in [2.05, 4.69) is 53.7 Å². The van der Waals surface area contributed by atoms with Crippen LogP contribution in [0.2, 0.25) is 0 Å². The van der Waals surface area contributed by atoms with Crippen molar-refractivity contribution in [3.8, 4) is 0 Å². The van der Waals surface area contributed by atoms with Crippen LogP contribution in [0.4, 0.5) is 0 Å². The van der Waals surface area contributed by atoms with Crippen molar-refractivity contribution in [2.24, 2.45) is 63.6 Å². The zero-order valence-corrected chi connectivity index (χ0v) is 20.0. The highest BCUT2D eigenvalue weighted by Gasteiger charge is 2.77. The Kier molecular flexibility index (Phi) is 4.69. The Morgan fingerprint density at radius 1 is 0.897 bits per heavy atom. The lowest BCUT2D eigenvalue weighted by atomic mass is 9.45. The van der Waals surface area contributed by atoms with Crippen LogP contribution in [0.25, 0.3) is 0 Å². The lowest BCUT2D eigenvalue weighted by Crippen LogP contribution is -2.56. The van der Waals surface area contributed by atoms with E-state index in [0.29, 0.717) is 28.1 Å². The Hall–Kier alpha value is -0.300. The molecule has 0 aromatic carbocycles. The second kappa shape index (κ2) is 6.60. The molecule has 0 aromatic rings. The first-order valence-corrected chi connectivity index (χ1v) is 13.0. The van der Waals surface area contributed by atoms with Crippen molar-refractivity contribution in [2.75, 3.05) is 0 Å². The van der Waals surface area contributed by atoms with E-state index < -0.39 is 0 Å². The van der Waals surface area contributed by atoms with Gasteiger partial charge in [-0.25, -0.2) is 0 Å². The standard InChI is InChI=1S/C28H46O/c1-17(2)18(3)7-8-19(4)22-9-10-23-21-15-25(29)28-16-20(28)11-14-27(28,6)24(21)12-13-26(22,23)5/h7-8,17-25,29H,9-16H2,1-6H3/b8-7+. The molecular weight excluding hydrogens is 352 g/mol. The van der Waals surface area contributed by atoms with Crippen LogP contribution >= 0.6 is 0 Å². The first-order valence-electron chi connectivity index (χ1n) is 13.0. The van der Waals surface area contributed by atoms with Crippen LogP contribution in [-0.4, -0.2) is 11.2 Å². The van der Waals surface area contributed by atoms with Crippen LogP contribution in [0.5, 0.6) is 0 Å². The summed E-state index contributed by atoms with van der Waals surface area (Å²) in [5, 5.41) is 11.3. The Bertz CT molecular complexity index is 680. The molecule has 1 nitrogen and oxygen atoms in total. The van der Waals surface area contributed by atoms with Gasteiger partial charge in [-0.05, 0) is 110 Å². The SMILES string of the molecule is CC(C)C(C)/C=C/C(C)C1CCC2C3CC(O)C45CC4CCC5(C)C3CCC12C. The number of hydrogen-bond donors (Lipinski definition) is 1. The van der Waals surface area contributed by atoms with Gasteiger partial charge in [0, 0.05) is 5.41 Å². The molecule has 11 atom stereocenters. The lowest BCUT2D eigenvalue weighted by molar-refractivity contribution is -0.151. The van der Waals surface area contributed by atoms with Gasteiger partial charge in [-0.2, -0.15) is 0 Å². The molecule has 0 aliphatic heterocycles. The normalized spacial score (nSPS) is 55.3. The summed E-state index contributed by atoms with van der Waals surface area (Å²) < 4.78 is 0. The van der Waals surface area contributed by atoms with Gasteiger partial charge in [0.05, 0.1) is 6.10 Å². The molecule has 1 spiro atoms. The van der Waals surface area contributed by atoms with Crippen molar-refractivity contribution in [3.05, 3.63) is 12.2 Å². The van der Waals surface area contributed by atoms with Gasteiger partial charge < -0.3 is 5.11 Å². The number of hydrogen-bond acceptors (Lipinski definition) is 1. The second-order valence-electron chi connectivity index (χ2n) is 13.1. The van der Waals surface area contributed by atoms with Crippen molar-refractivity contribution >= 4 is 0 Å². The molecule has 5 rings (SSSR count). The third-order valence-corrected chi connectivity index (χ3v) is 12.1. The zero-order chi connectivity index (χ0) is 20.8. The molecular formula is C28H46O. The zero-order valence-electron chi connectivity index (χ0n) is 20.0. The predicted molar refractivity (Wildman–Crippen MR) is 121 cm³/mol. The summed E-state index contributed by atoms with van der Waals surface area (Å²) in [5.41, 5.74) is 1.27. The maximum Gasteiger partial charge on any atom is 0.0607 e. The van der Waals surface area contributed by atoms with E-state index in [1.54, 1.807) is 0 Å². The average molecular weight is 399 g/mol. The molecule has 0 heterocycles. The average Bonchev–Trinajstić information content (AvgIpc) is 3.20. The second-order valence-corrected chi connectivity index (χ2v) is 13.1. The molecule has 5 aliphatic rings. The summed E-state index contributed by atoms with van der Waals surface area (Å²) in [5.74, 6) is 6.33. The van der Waals surface area contributed by atoms with Gasteiger partial charge in [-0.1, -0.05) is 53.7 Å². The number of rotatable bonds is 4. The van der Waals surface area contributed by atoms with Crippen LogP contribution in [-0.2, 0) is 0 Å². The minimum Gasteiger partial charge on any atom is -0.393 e. The highest BCUT2D eigenvalue weighted by Crippen LogP contribution is 2.81. The third-order valence-electron chi connectivity index (χ3n) is 12.1. The van der Waals surface area contributed by atoms with Crippen LogP contribution in [0.3, 0.4) is 0 Å². The smallest absolute Gasteiger partial charge is 0.0607 e. The fourth-order valence-corrected chi connectivity index (χ4v) is 9.92. The first-order chi connectivity index (χ1) is 13.6. The quantitative estimate of drug-likeness (QED) is 0.501. The molecule has 0 bridgehead atoms. The lowest BCUT2D eigenvalue weighted by Gasteiger charge is -2.60. The summed E-state index contributed by atoms with van der Waals surface area (Å²) in [4.78, 5) is 0. The monoisotopic (exact) mass is 398 g/mol.